The summed E-state index contributed by atoms with van der Waals surface area (Å²) in [5, 5.41) is 1.19. The van der Waals surface area contributed by atoms with E-state index in [1.54, 1.807) is 24.9 Å². The SMILES string of the molecule is CC(=O)N1C[C@@H]2CN([C@H]3C[C@@H](C(C)N4CC[C@H](Cc5cn(-c6ccc(F)cc6C(=O)N(C)C(C)C)c6cncc(C)c56)C4)C3)C[C@H]2C1. The largest absolute Gasteiger partial charge is 0.342 e. The van der Waals surface area contributed by atoms with Gasteiger partial charge in [0.05, 0.1) is 23.0 Å². The van der Waals surface area contributed by atoms with E-state index in [1.807, 2.05) is 31.1 Å². The molecule has 0 bridgehead atoms. The standard InChI is InChI=1S/C38H51FN6O2/c1-23(2)41(6)38(47)34-14-32(39)7-8-35(34)45-22-29(37-24(3)15-40-16-36(37)45)11-27-9-10-42(17-27)25(4)28-12-33(13-28)44-20-30-18-43(26(5)46)19-31(30)21-44/h7-8,14-16,22-23,25,27-28,30-31,33H,9-13,17-21H2,1-6H3/t25?,27-,28-,30-,31-,33+/m1/s1. The minimum Gasteiger partial charge on any atom is -0.342 e. The predicted octanol–water partition coefficient (Wildman–Crippen LogP) is 5.40. The lowest BCUT2D eigenvalue weighted by Crippen LogP contribution is -2.51. The number of likely N-dealkylation sites (tertiary alicyclic amines) is 3. The normalized spacial score (nSPS) is 27.1. The Bertz CT molecular complexity index is 1650. The van der Waals surface area contributed by atoms with Gasteiger partial charge in [-0.2, -0.15) is 0 Å². The van der Waals surface area contributed by atoms with E-state index in [2.05, 4.69) is 39.4 Å². The van der Waals surface area contributed by atoms with Gasteiger partial charge in [-0.3, -0.25) is 19.5 Å². The number of pyridine rings is 1. The van der Waals surface area contributed by atoms with Gasteiger partial charge >= 0.3 is 0 Å². The van der Waals surface area contributed by atoms with Crippen molar-refractivity contribution in [3.8, 4) is 5.69 Å². The Hall–Kier alpha value is -3.30. The molecule has 8 nitrogen and oxygen atoms in total. The lowest BCUT2D eigenvalue weighted by atomic mass is 9.75. The van der Waals surface area contributed by atoms with Gasteiger partial charge in [0.15, 0.2) is 0 Å². The minimum atomic E-state index is -0.415. The number of rotatable bonds is 8. The fourth-order valence-corrected chi connectivity index (χ4v) is 9.02. The first kappa shape index (κ1) is 32.3. The average molecular weight is 643 g/mol. The molecule has 5 heterocycles. The van der Waals surface area contributed by atoms with Crippen molar-refractivity contribution in [2.75, 3.05) is 46.3 Å². The highest BCUT2D eigenvalue weighted by Gasteiger charge is 2.47. The van der Waals surface area contributed by atoms with Crippen LogP contribution in [-0.4, -0.2) is 105 Å². The van der Waals surface area contributed by atoms with E-state index < -0.39 is 5.82 Å². The van der Waals surface area contributed by atoms with Crippen LogP contribution in [0.4, 0.5) is 4.39 Å². The van der Waals surface area contributed by atoms with Crippen molar-refractivity contribution in [3.63, 3.8) is 0 Å². The minimum absolute atomic E-state index is 0.00182. The molecular weight excluding hydrogens is 591 g/mol. The molecule has 3 aromatic rings. The van der Waals surface area contributed by atoms with E-state index in [-0.39, 0.29) is 17.9 Å². The van der Waals surface area contributed by atoms with E-state index >= 15 is 0 Å². The summed E-state index contributed by atoms with van der Waals surface area (Å²) in [5.74, 6) is 2.26. The molecule has 2 aromatic heterocycles. The van der Waals surface area contributed by atoms with Crippen molar-refractivity contribution in [1.29, 1.82) is 0 Å². The molecule has 252 valence electrons. The summed E-state index contributed by atoms with van der Waals surface area (Å²) < 4.78 is 16.6. The molecule has 4 fully saturated rings. The van der Waals surface area contributed by atoms with Gasteiger partial charge < -0.3 is 19.3 Å². The van der Waals surface area contributed by atoms with Gasteiger partial charge in [-0.05, 0) is 113 Å². The Labute approximate surface area is 278 Å². The highest BCUT2D eigenvalue weighted by molar-refractivity contribution is 5.99. The number of hydrogen-bond donors (Lipinski definition) is 0. The molecular formula is C38H51FN6O2. The number of benzene rings is 1. The van der Waals surface area contributed by atoms with Crippen LogP contribution in [0.25, 0.3) is 16.6 Å². The Morgan fingerprint density at radius 2 is 1.77 bits per heavy atom. The summed E-state index contributed by atoms with van der Waals surface area (Å²) in [4.78, 5) is 39.0. The molecule has 0 radical (unpaired) electrons. The average Bonchev–Trinajstić information content (AvgIpc) is 3.79. The van der Waals surface area contributed by atoms with Crippen molar-refractivity contribution in [2.45, 2.75) is 78.4 Å². The van der Waals surface area contributed by atoms with Gasteiger partial charge in [-0.15, -0.1) is 0 Å². The molecule has 9 heteroatoms. The molecule has 0 spiro atoms. The van der Waals surface area contributed by atoms with Crippen molar-refractivity contribution in [3.05, 3.63) is 59.3 Å². The molecule has 7 rings (SSSR count). The van der Waals surface area contributed by atoms with Crippen LogP contribution in [-0.2, 0) is 11.2 Å². The summed E-state index contributed by atoms with van der Waals surface area (Å²) >= 11 is 0. The number of carbonyl (C=O) groups is 2. The molecule has 1 aliphatic carbocycles. The van der Waals surface area contributed by atoms with Gasteiger partial charge in [-0.1, -0.05) is 0 Å². The van der Waals surface area contributed by atoms with Crippen LogP contribution in [0.1, 0.15) is 68.4 Å². The summed E-state index contributed by atoms with van der Waals surface area (Å²) in [6.45, 7) is 16.6. The van der Waals surface area contributed by atoms with Crippen LogP contribution in [0, 0.1) is 36.4 Å². The number of amides is 2. The fraction of sp³-hybridized carbons (Fsp3) is 0.605. The summed E-state index contributed by atoms with van der Waals surface area (Å²) in [6, 6.07) is 5.83. The third-order valence-electron chi connectivity index (χ3n) is 12.2. The van der Waals surface area contributed by atoms with Crippen LogP contribution in [0.3, 0.4) is 0 Å². The lowest BCUT2D eigenvalue weighted by Gasteiger charge is -2.46. The molecule has 2 amide bonds. The van der Waals surface area contributed by atoms with E-state index in [0.717, 1.165) is 62.7 Å². The second-order valence-electron chi connectivity index (χ2n) is 15.4. The first-order chi connectivity index (χ1) is 22.5. The molecule has 0 N–H and O–H groups in total. The van der Waals surface area contributed by atoms with Crippen LogP contribution >= 0.6 is 0 Å². The van der Waals surface area contributed by atoms with Crippen molar-refractivity contribution in [1.82, 2.24) is 29.2 Å². The first-order valence-corrected chi connectivity index (χ1v) is 17.7. The third kappa shape index (κ3) is 5.99. The van der Waals surface area contributed by atoms with Crippen LogP contribution < -0.4 is 0 Å². The number of carbonyl (C=O) groups excluding carboxylic acids is 2. The van der Waals surface area contributed by atoms with Gasteiger partial charge in [0, 0.05) is 82.6 Å². The third-order valence-corrected chi connectivity index (χ3v) is 12.2. The number of halogens is 1. The zero-order valence-corrected chi connectivity index (χ0v) is 29.0. The highest BCUT2D eigenvalue weighted by Crippen LogP contribution is 2.42. The Morgan fingerprint density at radius 3 is 2.45 bits per heavy atom. The highest BCUT2D eigenvalue weighted by atomic mass is 19.1. The molecule has 3 aliphatic heterocycles. The fourth-order valence-electron chi connectivity index (χ4n) is 9.02. The van der Waals surface area contributed by atoms with Gasteiger partial charge in [0.1, 0.15) is 5.82 Å². The van der Waals surface area contributed by atoms with Crippen LogP contribution in [0.5, 0.6) is 0 Å². The van der Waals surface area contributed by atoms with E-state index in [4.69, 9.17) is 0 Å². The topological polar surface area (TPSA) is 64.9 Å². The number of aromatic nitrogens is 2. The molecule has 1 saturated carbocycles. The van der Waals surface area contributed by atoms with E-state index in [1.165, 1.54) is 42.3 Å². The molecule has 4 atom stereocenters. The quantitative estimate of drug-likeness (QED) is 0.330. The van der Waals surface area contributed by atoms with Crippen molar-refractivity contribution >= 4 is 22.7 Å². The van der Waals surface area contributed by atoms with Crippen molar-refractivity contribution < 1.29 is 14.0 Å². The number of hydrogen-bond acceptors (Lipinski definition) is 5. The zero-order valence-electron chi connectivity index (χ0n) is 29.0. The molecule has 1 unspecified atom stereocenters. The maximum atomic E-state index is 14.5. The molecule has 4 aliphatic rings. The smallest absolute Gasteiger partial charge is 0.256 e. The van der Waals surface area contributed by atoms with Crippen molar-refractivity contribution in [2.24, 2.45) is 23.7 Å². The Balaban J connectivity index is 1.02. The second kappa shape index (κ2) is 12.6. The number of aryl methyl sites for hydroxylation is 1. The maximum Gasteiger partial charge on any atom is 0.256 e. The van der Waals surface area contributed by atoms with Gasteiger partial charge in [0.25, 0.3) is 5.91 Å². The van der Waals surface area contributed by atoms with Crippen LogP contribution in [0.15, 0.2) is 36.8 Å². The summed E-state index contributed by atoms with van der Waals surface area (Å²) in [6.07, 6.45) is 10.7. The Kier molecular flexibility index (Phi) is 8.66. The molecule has 3 saturated heterocycles. The monoisotopic (exact) mass is 642 g/mol. The Morgan fingerprint density at radius 1 is 1.04 bits per heavy atom. The second-order valence-corrected chi connectivity index (χ2v) is 15.4. The van der Waals surface area contributed by atoms with E-state index in [9.17, 15) is 14.0 Å². The summed E-state index contributed by atoms with van der Waals surface area (Å²) in [7, 11) is 1.77. The maximum absolute atomic E-state index is 14.5. The lowest BCUT2D eigenvalue weighted by molar-refractivity contribution is -0.128. The number of fused-ring (bicyclic) bond motifs is 2. The van der Waals surface area contributed by atoms with E-state index in [0.29, 0.717) is 41.1 Å². The van der Waals surface area contributed by atoms with Gasteiger partial charge in [-0.25, -0.2) is 4.39 Å². The van der Waals surface area contributed by atoms with Gasteiger partial charge in [0.2, 0.25) is 5.91 Å². The first-order valence-electron chi connectivity index (χ1n) is 17.7. The molecule has 1 aromatic carbocycles. The number of nitrogens with zero attached hydrogens (tertiary/aromatic N) is 6. The molecule has 47 heavy (non-hydrogen) atoms. The summed E-state index contributed by atoms with van der Waals surface area (Å²) in [5.41, 5.74) is 4.39. The zero-order chi connectivity index (χ0) is 33.1. The predicted molar refractivity (Wildman–Crippen MR) is 183 cm³/mol. The van der Waals surface area contributed by atoms with Crippen LogP contribution in [0.2, 0.25) is 0 Å².